The lowest BCUT2D eigenvalue weighted by atomic mass is 9.91. The molecule has 4 heteroatoms. The first-order valence-electron chi connectivity index (χ1n) is 18.8. The first kappa shape index (κ1) is 30.1. The summed E-state index contributed by atoms with van der Waals surface area (Å²) in [6.07, 6.45) is 3.93. The number of nitrogens with zero attached hydrogens (tertiary/aromatic N) is 4. The van der Waals surface area contributed by atoms with Crippen molar-refractivity contribution in [3.8, 4) is 11.4 Å². The SMILES string of the molecule is c1ccc(N(c2ccc3c(c2)c2ccccc2n3-c2ccccc2)c2ccc3ccc4c5c(ccc2c35)cc2c4c3cnccc3n2-c2ccccc2)cc1. The van der Waals surface area contributed by atoms with Gasteiger partial charge in [0.05, 0.1) is 27.8 Å². The minimum atomic E-state index is 1.11. The molecule has 0 aliphatic heterocycles. The van der Waals surface area contributed by atoms with Crippen molar-refractivity contribution in [2.24, 2.45) is 0 Å². The molecule has 0 saturated carbocycles. The van der Waals surface area contributed by atoms with E-state index in [1.807, 2.05) is 12.4 Å². The molecule has 12 rings (SSSR count). The van der Waals surface area contributed by atoms with Crippen LogP contribution >= 0.6 is 0 Å². The van der Waals surface area contributed by atoms with Crippen LogP contribution in [0, 0.1) is 0 Å². The maximum Gasteiger partial charge on any atom is 0.0572 e. The van der Waals surface area contributed by atoms with Crippen LogP contribution in [-0.2, 0) is 0 Å². The summed E-state index contributed by atoms with van der Waals surface area (Å²) in [6.45, 7) is 0. The Morgan fingerprint density at radius 3 is 1.78 bits per heavy atom. The highest BCUT2D eigenvalue weighted by Gasteiger charge is 2.23. The van der Waals surface area contributed by atoms with Crippen LogP contribution in [0.15, 0.2) is 194 Å². The summed E-state index contributed by atoms with van der Waals surface area (Å²) in [5.41, 5.74) is 10.4. The molecular formula is C51H32N4. The van der Waals surface area contributed by atoms with E-state index in [9.17, 15) is 0 Å². The van der Waals surface area contributed by atoms with E-state index < -0.39 is 0 Å². The van der Waals surface area contributed by atoms with Gasteiger partial charge in [0.2, 0.25) is 0 Å². The van der Waals surface area contributed by atoms with Gasteiger partial charge >= 0.3 is 0 Å². The van der Waals surface area contributed by atoms with E-state index in [2.05, 4.69) is 201 Å². The van der Waals surface area contributed by atoms with Gasteiger partial charge in [0.1, 0.15) is 0 Å². The molecule has 0 fully saturated rings. The summed E-state index contributed by atoms with van der Waals surface area (Å²) in [4.78, 5) is 7.05. The highest BCUT2D eigenvalue weighted by molar-refractivity contribution is 6.34. The molecule has 9 aromatic carbocycles. The van der Waals surface area contributed by atoms with E-state index in [-0.39, 0.29) is 0 Å². The van der Waals surface area contributed by atoms with Crippen LogP contribution in [-0.4, -0.2) is 14.1 Å². The maximum atomic E-state index is 4.62. The molecule has 0 spiro atoms. The lowest BCUT2D eigenvalue weighted by Gasteiger charge is -2.28. The molecule has 0 amide bonds. The third kappa shape index (κ3) is 4.31. The predicted octanol–water partition coefficient (Wildman–Crippen LogP) is 13.6. The van der Waals surface area contributed by atoms with Gasteiger partial charge in [-0.3, -0.25) is 4.98 Å². The number of pyridine rings is 1. The summed E-state index contributed by atoms with van der Waals surface area (Å²) < 4.78 is 4.76. The van der Waals surface area contributed by atoms with Crippen molar-refractivity contribution in [1.82, 2.24) is 14.1 Å². The van der Waals surface area contributed by atoms with Gasteiger partial charge in [-0.25, -0.2) is 0 Å². The van der Waals surface area contributed by atoms with Crippen molar-refractivity contribution in [2.75, 3.05) is 4.90 Å². The number of fused-ring (bicyclic) bond motifs is 7. The standard InChI is InChI=1S/C51H32N4/c1-4-12-35(13-5-1)53(38-23-27-46-42(31-38)39-18-10-11-19-44(39)54(46)36-14-6-2-7-15-36)45-26-22-33-20-25-41-50-34(21-24-40(45)49(33)50)30-48-51(41)43-32-52-29-28-47(43)55(48)37-16-8-3-9-17-37/h1-32H. The van der Waals surface area contributed by atoms with Crippen LogP contribution in [0.2, 0.25) is 0 Å². The van der Waals surface area contributed by atoms with Crippen molar-refractivity contribution in [1.29, 1.82) is 0 Å². The summed E-state index contributed by atoms with van der Waals surface area (Å²) in [6, 6.07) is 66.2. The Hall–Kier alpha value is -7.43. The summed E-state index contributed by atoms with van der Waals surface area (Å²) in [5.74, 6) is 0. The van der Waals surface area contributed by atoms with Crippen LogP contribution in [0.5, 0.6) is 0 Å². The molecule has 0 bridgehead atoms. The van der Waals surface area contributed by atoms with E-state index in [1.165, 1.54) is 65.0 Å². The molecule has 256 valence electrons. The van der Waals surface area contributed by atoms with Gasteiger partial charge in [-0.15, -0.1) is 0 Å². The maximum absolute atomic E-state index is 4.62. The van der Waals surface area contributed by atoms with Crippen LogP contribution in [0.4, 0.5) is 17.1 Å². The first-order valence-corrected chi connectivity index (χ1v) is 18.8. The van der Waals surface area contributed by atoms with Gasteiger partial charge in [-0.2, -0.15) is 0 Å². The van der Waals surface area contributed by atoms with Crippen molar-refractivity contribution < 1.29 is 0 Å². The highest BCUT2D eigenvalue weighted by atomic mass is 15.1. The monoisotopic (exact) mass is 700 g/mol. The average Bonchev–Trinajstić information content (AvgIpc) is 3.77. The van der Waals surface area contributed by atoms with Gasteiger partial charge in [0, 0.05) is 62.1 Å². The number of para-hydroxylation sites is 4. The van der Waals surface area contributed by atoms with Crippen molar-refractivity contribution in [2.45, 2.75) is 0 Å². The van der Waals surface area contributed by atoms with Crippen molar-refractivity contribution >= 4 is 93.0 Å². The molecule has 0 unspecified atom stereocenters. The molecule has 0 atom stereocenters. The second-order valence-electron chi connectivity index (χ2n) is 14.4. The Balaban J connectivity index is 1.14. The molecule has 3 aromatic heterocycles. The summed E-state index contributed by atoms with van der Waals surface area (Å²) >= 11 is 0. The molecule has 0 N–H and O–H groups in total. The Bertz CT molecular complexity index is 3420. The molecule has 0 aliphatic carbocycles. The van der Waals surface area contributed by atoms with Crippen LogP contribution in [0.25, 0.3) is 87.3 Å². The Morgan fingerprint density at radius 2 is 0.982 bits per heavy atom. The molecule has 0 aliphatic rings. The van der Waals surface area contributed by atoms with Gasteiger partial charge in [0.15, 0.2) is 0 Å². The second-order valence-corrected chi connectivity index (χ2v) is 14.4. The predicted molar refractivity (Wildman–Crippen MR) is 231 cm³/mol. The highest BCUT2D eigenvalue weighted by Crippen LogP contribution is 2.47. The first-order chi connectivity index (χ1) is 27.3. The molecule has 0 saturated heterocycles. The van der Waals surface area contributed by atoms with Crippen LogP contribution in [0.3, 0.4) is 0 Å². The normalized spacial score (nSPS) is 12.0. The smallest absolute Gasteiger partial charge is 0.0572 e. The van der Waals surface area contributed by atoms with E-state index in [4.69, 9.17) is 0 Å². The Morgan fingerprint density at radius 1 is 0.364 bits per heavy atom. The van der Waals surface area contributed by atoms with Gasteiger partial charge in [-0.05, 0) is 106 Å². The third-order valence-corrected chi connectivity index (χ3v) is 11.5. The zero-order chi connectivity index (χ0) is 36.0. The fourth-order valence-electron chi connectivity index (χ4n) is 9.22. The van der Waals surface area contributed by atoms with Gasteiger partial charge < -0.3 is 14.0 Å². The molecule has 0 radical (unpaired) electrons. The largest absolute Gasteiger partial charge is 0.310 e. The number of hydrogen-bond donors (Lipinski definition) is 0. The van der Waals surface area contributed by atoms with Crippen LogP contribution < -0.4 is 4.90 Å². The second kappa shape index (κ2) is 11.5. The third-order valence-electron chi connectivity index (χ3n) is 11.5. The van der Waals surface area contributed by atoms with E-state index in [0.29, 0.717) is 0 Å². The number of anilines is 3. The molecule has 55 heavy (non-hydrogen) atoms. The molecule has 12 aromatic rings. The molecule has 3 heterocycles. The van der Waals surface area contributed by atoms with E-state index in [1.54, 1.807) is 0 Å². The topological polar surface area (TPSA) is 26.0 Å². The minimum absolute atomic E-state index is 1.11. The zero-order valence-corrected chi connectivity index (χ0v) is 29.8. The van der Waals surface area contributed by atoms with E-state index in [0.717, 1.165) is 39.3 Å². The minimum Gasteiger partial charge on any atom is -0.310 e. The van der Waals surface area contributed by atoms with Gasteiger partial charge in [-0.1, -0.05) is 103 Å². The Kier molecular flexibility index (Phi) is 6.31. The molecule has 4 nitrogen and oxygen atoms in total. The fourth-order valence-corrected chi connectivity index (χ4v) is 9.22. The van der Waals surface area contributed by atoms with Gasteiger partial charge in [0.25, 0.3) is 0 Å². The number of hydrogen-bond acceptors (Lipinski definition) is 2. The quantitative estimate of drug-likeness (QED) is 0.167. The van der Waals surface area contributed by atoms with Crippen molar-refractivity contribution in [3.63, 3.8) is 0 Å². The lowest BCUT2D eigenvalue weighted by molar-refractivity contribution is 1.18. The number of aromatic nitrogens is 3. The fraction of sp³-hybridized carbons (Fsp3) is 0. The number of rotatable bonds is 5. The molecular weight excluding hydrogens is 669 g/mol. The summed E-state index contributed by atoms with van der Waals surface area (Å²) in [5, 5.41) is 12.3. The van der Waals surface area contributed by atoms with Crippen LogP contribution in [0.1, 0.15) is 0 Å². The van der Waals surface area contributed by atoms with E-state index >= 15 is 0 Å². The van der Waals surface area contributed by atoms with Crippen molar-refractivity contribution in [3.05, 3.63) is 194 Å². The zero-order valence-electron chi connectivity index (χ0n) is 29.8. The summed E-state index contributed by atoms with van der Waals surface area (Å²) in [7, 11) is 0. The Labute approximate surface area is 316 Å². The lowest BCUT2D eigenvalue weighted by Crippen LogP contribution is -2.10. The average molecular weight is 701 g/mol. The number of benzene rings is 9.